The fraction of sp³-hybridized carbons (Fsp3) is 0.455. The van der Waals surface area contributed by atoms with Crippen molar-refractivity contribution in [1.29, 1.82) is 0 Å². The Labute approximate surface area is 92.4 Å². The molecular weight excluding hydrogens is 247 g/mol. The first-order valence-electron chi connectivity index (χ1n) is 4.49. The van der Waals surface area contributed by atoms with Crippen LogP contribution in [0.5, 0.6) is 0 Å². The van der Waals surface area contributed by atoms with Gasteiger partial charge in [-0.15, -0.1) is 11.6 Å². The van der Waals surface area contributed by atoms with Crippen molar-refractivity contribution in [3.05, 3.63) is 34.3 Å². The van der Waals surface area contributed by atoms with Gasteiger partial charge in [-0.3, -0.25) is 0 Å². The molecule has 1 aromatic rings. The van der Waals surface area contributed by atoms with Crippen LogP contribution in [0.1, 0.15) is 18.9 Å². The molecule has 0 saturated heterocycles. The van der Waals surface area contributed by atoms with Crippen LogP contribution in [-0.4, -0.2) is 5.88 Å². The van der Waals surface area contributed by atoms with Crippen LogP contribution < -0.4 is 0 Å². The van der Waals surface area contributed by atoms with Gasteiger partial charge in [0.2, 0.25) is 0 Å². The molecule has 2 atom stereocenters. The largest absolute Gasteiger partial charge is 0.126 e. The van der Waals surface area contributed by atoms with Gasteiger partial charge in [-0.25, -0.2) is 0 Å². The van der Waals surface area contributed by atoms with Crippen molar-refractivity contribution in [3.63, 3.8) is 0 Å². The normalized spacial score (nSPS) is 31.8. The van der Waals surface area contributed by atoms with Crippen molar-refractivity contribution < 1.29 is 0 Å². The molecule has 0 bridgehead atoms. The number of alkyl halides is 1. The number of halogens is 2. The first kappa shape index (κ1) is 9.54. The topological polar surface area (TPSA) is 0 Å². The molecule has 2 unspecified atom stereocenters. The van der Waals surface area contributed by atoms with Gasteiger partial charge in [-0.1, -0.05) is 35.0 Å². The lowest BCUT2D eigenvalue weighted by Gasteiger charge is -2.10. The standard InChI is InChI=1S/C11H12BrCl/c1-11(6-9(11)7-13)8-2-4-10(12)5-3-8/h2-5,9H,6-7H2,1H3. The summed E-state index contributed by atoms with van der Waals surface area (Å²) in [5, 5.41) is 0. The van der Waals surface area contributed by atoms with E-state index >= 15 is 0 Å². The summed E-state index contributed by atoms with van der Waals surface area (Å²) in [6.07, 6.45) is 1.23. The van der Waals surface area contributed by atoms with Gasteiger partial charge in [-0.2, -0.15) is 0 Å². The van der Waals surface area contributed by atoms with Crippen molar-refractivity contribution in [2.45, 2.75) is 18.8 Å². The third-order valence-electron chi connectivity index (χ3n) is 3.10. The molecule has 2 rings (SSSR count). The smallest absolute Gasteiger partial charge is 0.0260 e. The Kier molecular flexibility index (Phi) is 2.41. The van der Waals surface area contributed by atoms with Gasteiger partial charge in [0.1, 0.15) is 0 Å². The maximum atomic E-state index is 5.86. The quantitative estimate of drug-likeness (QED) is 0.705. The third-order valence-corrected chi connectivity index (χ3v) is 4.00. The molecule has 1 aromatic carbocycles. The highest BCUT2D eigenvalue weighted by Crippen LogP contribution is 2.54. The van der Waals surface area contributed by atoms with Crippen molar-refractivity contribution >= 4 is 27.5 Å². The Hall–Kier alpha value is -0.0100. The Morgan fingerprint density at radius 2 is 2.08 bits per heavy atom. The minimum Gasteiger partial charge on any atom is -0.126 e. The lowest BCUT2D eigenvalue weighted by atomic mass is 9.96. The van der Waals surface area contributed by atoms with Crippen LogP contribution in [0.25, 0.3) is 0 Å². The number of hydrogen-bond donors (Lipinski definition) is 0. The van der Waals surface area contributed by atoms with Gasteiger partial charge in [0.05, 0.1) is 0 Å². The Morgan fingerprint density at radius 3 is 2.54 bits per heavy atom. The fourth-order valence-electron chi connectivity index (χ4n) is 1.86. The fourth-order valence-corrected chi connectivity index (χ4v) is 2.58. The van der Waals surface area contributed by atoms with E-state index in [-0.39, 0.29) is 0 Å². The van der Waals surface area contributed by atoms with Crippen LogP contribution in [0.3, 0.4) is 0 Å². The zero-order valence-corrected chi connectivity index (χ0v) is 9.90. The maximum absolute atomic E-state index is 5.86. The van der Waals surface area contributed by atoms with E-state index in [1.807, 2.05) is 0 Å². The summed E-state index contributed by atoms with van der Waals surface area (Å²) in [6.45, 7) is 2.29. The van der Waals surface area contributed by atoms with Crippen LogP contribution in [0.15, 0.2) is 28.7 Å². The highest BCUT2D eigenvalue weighted by atomic mass is 79.9. The predicted molar refractivity (Wildman–Crippen MR) is 60.3 cm³/mol. The van der Waals surface area contributed by atoms with E-state index in [9.17, 15) is 0 Å². The number of hydrogen-bond acceptors (Lipinski definition) is 0. The van der Waals surface area contributed by atoms with Gasteiger partial charge in [0.25, 0.3) is 0 Å². The molecule has 0 aliphatic heterocycles. The second kappa shape index (κ2) is 3.29. The van der Waals surface area contributed by atoms with Crippen LogP contribution >= 0.6 is 27.5 Å². The summed E-state index contributed by atoms with van der Waals surface area (Å²) in [7, 11) is 0. The van der Waals surface area contributed by atoms with E-state index in [1.165, 1.54) is 12.0 Å². The number of benzene rings is 1. The minimum absolute atomic E-state index is 0.350. The monoisotopic (exact) mass is 258 g/mol. The molecule has 0 amide bonds. The molecule has 13 heavy (non-hydrogen) atoms. The molecule has 1 saturated carbocycles. The van der Waals surface area contributed by atoms with Crippen LogP contribution in [0, 0.1) is 5.92 Å². The Morgan fingerprint density at radius 1 is 1.46 bits per heavy atom. The first-order chi connectivity index (χ1) is 6.16. The van der Waals surface area contributed by atoms with Gasteiger partial charge in [-0.05, 0) is 35.4 Å². The zero-order valence-electron chi connectivity index (χ0n) is 7.56. The van der Waals surface area contributed by atoms with Crippen molar-refractivity contribution in [3.8, 4) is 0 Å². The average Bonchev–Trinajstić information content (AvgIpc) is 2.80. The van der Waals surface area contributed by atoms with Crippen molar-refractivity contribution in [2.75, 3.05) is 5.88 Å². The van der Waals surface area contributed by atoms with Gasteiger partial charge >= 0.3 is 0 Å². The molecular formula is C11H12BrCl. The van der Waals surface area contributed by atoms with E-state index in [1.54, 1.807) is 0 Å². The zero-order chi connectivity index (χ0) is 9.47. The van der Waals surface area contributed by atoms with Crippen LogP contribution in [0.4, 0.5) is 0 Å². The molecule has 0 aromatic heterocycles. The predicted octanol–water partition coefficient (Wildman–Crippen LogP) is 3.97. The second-order valence-electron chi connectivity index (χ2n) is 3.98. The molecule has 0 spiro atoms. The van der Waals surface area contributed by atoms with E-state index in [0.29, 0.717) is 11.3 Å². The van der Waals surface area contributed by atoms with Crippen molar-refractivity contribution in [1.82, 2.24) is 0 Å². The molecule has 0 radical (unpaired) electrons. The lowest BCUT2D eigenvalue weighted by molar-refractivity contribution is 0.705. The maximum Gasteiger partial charge on any atom is 0.0260 e. The van der Waals surface area contributed by atoms with Gasteiger partial charge < -0.3 is 0 Å². The average molecular weight is 260 g/mol. The molecule has 0 heterocycles. The highest BCUT2D eigenvalue weighted by Gasteiger charge is 2.50. The highest BCUT2D eigenvalue weighted by molar-refractivity contribution is 9.10. The summed E-state index contributed by atoms with van der Waals surface area (Å²) in [6, 6.07) is 8.58. The van der Waals surface area contributed by atoms with Gasteiger partial charge in [0.15, 0.2) is 0 Å². The van der Waals surface area contributed by atoms with E-state index in [2.05, 4.69) is 47.1 Å². The molecule has 1 fully saturated rings. The molecule has 1 aliphatic rings. The molecule has 1 aliphatic carbocycles. The SMILES string of the molecule is CC1(c2ccc(Br)cc2)CC1CCl. The summed E-state index contributed by atoms with van der Waals surface area (Å²) in [4.78, 5) is 0. The molecule has 0 nitrogen and oxygen atoms in total. The Balaban J connectivity index is 2.23. The Bertz CT molecular complexity index is 306. The minimum atomic E-state index is 0.350. The van der Waals surface area contributed by atoms with Gasteiger partial charge in [0, 0.05) is 10.4 Å². The molecule has 0 N–H and O–H groups in total. The van der Waals surface area contributed by atoms with Crippen LogP contribution in [-0.2, 0) is 5.41 Å². The van der Waals surface area contributed by atoms with E-state index < -0.39 is 0 Å². The van der Waals surface area contributed by atoms with Crippen molar-refractivity contribution in [2.24, 2.45) is 5.92 Å². The summed E-state index contributed by atoms with van der Waals surface area (Å²) in [5.74, 6) is 1.46. The lowest BCUT2D eigenvalue weighted by Crippen LogP contribution is -2.04. The number of rotatable bonds is 2. The summed E-state index contributed by atoms with van der Waals surface area (Å²) < 4.78 is 1.14. The summed E-state index contributed by atoms with van der Waals surface area (Å²) >= 11 is 9.29. The third kappa shape index (κ3) is 1.64. The van der Waals surface area contributed by atoms with Crippen LogP contribution in [0.2, 0.25) is 0 Å². The molecule has 70 valence electrons. The van der Waals surface area contributed by atoms with E-state index in [0.717, 1.165) is 10.4 Å². The van der Waals surface area contributed by atoms with E-state index in [4.69, 9.17) is 11.6 Å². The first-order valence-corrected chi connectivity index (χ1v) is 5.81. The second-order valence-corrected chi connectivity index (χ2v) is 5.20. The molecule has 2 heteroatoms. The summed E-state index contributed by atoms with van der Waals surface area (Å²) in [5.41, 5.74) is 1.77.